The van der Waals surface area contributed by atoms with E-state index in [0.717, 1.165) is 6.26 Å². The number of sulfone groups is 1. The monoisotopic (exact) mass is 412 g/mol. The minimum atomic E-state index is -3.37. The lowest BCUT2D eigenvalue weighted by Crippen LogP contribution is -2.14. The summed E-state index contributed by atoms with van der Waals surface area (Å²) in [4.78, 5) is 16.8. The number of carbonyl (C=O) groups is 1. The molecule has 0 bridgehead atoms. The Balaban J connectivity index is 1.93. The molecule has 1 aliphatic rings. The Morgan fingerprint density at radius 2 is 1.85 bits per heavy atom. The summed E-state index contributed by atoms with van der Waals surface area (Å²) in [7, 11) is -3.37. The maximum atomic E-state index is 13.5. The van der Waals surface area contributed by atoms with Crippen molar-refractivity contribution in [2.24, 2.45) is 5.92 Å². The lowest BCUT2D eigenvalue weighted by molar-refractivity contribution is -0.111. The lowest BCUT2D eigenvalue weighted by Gasteiger charge is -2.11. The molecule has 1 heterocycles. The molecule has 144 valence electrons. The molecule has 1 aromatic heterocycles. The molecule has 0 spiro atoms. The van der Waals surface area contributed by atoms with E-state index >= 15 is 0 Å². The van der Waals surface area contributed by atoms with E-state index < -0.39 is 34.0 Å². The van der Waals surface area contributed by atoms with Crippen LogP contribution in [0.3, 0.4) is 0 Å². The number of amides is 1. The number of thiazole rings is 1. The van der Waals surface area contributed by atoms with Crippen LogP contribution in [0.15, 0.2) is 46.8 Å². The van der Waals surface area contributed by atoms with Crippen molar-refractivity contribution in [3.8, 4) is 0 Å². The zero-order chi connectivity index (χ0) is 19.6. The van der Waals surface area contributed by atoms with Gasteiger partial charge in [-0.2, -0.15) is 0 Å². The Labute approximate surface area is 160 Å². The number of benzene rings is 1. The van der Waals surface area contributed by atoms with Crippen molar-refractivity contribution < 1.29 is 22.0 Å². The Morgan fingerprint density at radius 3 is 2.37 bits per heavy atom. The Bertz CT molecular complexity index is 931. The highest BCUT2D eigenvalue weighted by Crippen LogP contribution is 2.34. The molecule has 0 saturated heterocycles. The predicted octanol–water partition coefficient (Wildman–Crippen LogP) is 3.65. The van der Waals surface area contributed by atoms with Crippen LogP contribution in [-0.4, -0.2) is 37.9 Å². The third-order valence-corrected chi connectivity index (χ3v) is 6.16. The predicted molar refractivity (Wildman–Crippen MR) is 101 cm³/mol. The molecular formula is C18H18F2N2O3S2. The summed E-state index contributed by atoms with van der Waals surface area (Å²) >= 11 is 1.24. The van der Waals surface area contributed by atoms with Crippen molar-refractivity contribution in [1.82, 2.24) is 4.98 Å². The van der Waals surface area contributed by atoms with Gasteiger partial charge in [-0.25, -0.2) is 22.2 Å². The first-order valence-corrected chi connectivity index (χ1v) is 11.0. The van der Waals surface area contributed by atoms with Gasteiger partial charge in [-0.05, 0) is 36.5 Å². The number of hydrogen-bond donors (Lipinski definition) is 1. The van der Waals surface area contributed by atoms with E-state index in [1.54, 1.807) is 17.7 Å². The number of rotatable bonds is 5. The topological polar surface area (TPSA) is 76.1 Å². The van der Waals surface area contributed by atoms with Gasteiger partial charge in [-0.3, -0.25) is 10.1 Å². The molecule has 2 aromatic rings. The summed E-state index contributed by atoms with van der Waals surface area (Å²) in [5, 5.41) is 4.76. The first kappa shape index (κ1) is 19.6. The van der Waals surface area contributed by atoms with Gasteiger partial charge in [-0.15, -0.1) is 11.3 Å². The summed E-state index contributed by atoms with van der Waals surface area (Å²) in [5.41, 5.74) is 0.700. The third kappa shape index (κ3) is 4.78. The van der Waals surface area contributed by atoms with Gasteiger partial charge in [0, 0.05) is 23.4 Å². The number of allylic oxidation sites excluding steroid dienone is 1. The summed E-state index contributed by atoms with van der Waals surface area (Å²) in [6.45, 7) is 0. The van der Waals surface area contributed by atoms with Crippen molar-refractivity contribution >= 4 is 37.8 Å². The summed E-state index contributed by atoms with van der Waals surface area (Å²) in [6, 6.07) is 5.83. The zero-order valence-corrected chi connectivity index (χ0v) is 16.1. The zero-order valence-electron chi connectivity index (χ0n) is 14.4. The fraction of sp³-hybridized carbons (Fsp3) is 0.333. The molecule has 2 atom stereocenters. The molecule has 2 unspecified atom stereocenters. The fourth-order valence-corrected chi connectivity index (χ4v) is 4.13. The molecule has 9 heteroatoms. The average molecular weight is 412 g/mol. The Morgan fingerprint density at radius 1 is 1.22 bits per heavy atom. The molecule has 0 radical (unpaired) electrons. The van der Waals surface area contributed by atoms with Gasteiger partial charge in [0.2, 0.25) is 0 Å². The maximum Gasteiger partial charge on any atom is 0.257 e. The largest absolute Gasteiger partial charge is 0.298 e. The van der Waals surface area contributed by atoms with E-state index in [-0.39, 0.29) is 23.3 Å². The first-order chi connectivity index (χ1) is 12.7. The van der Waals surface area contributed by atoms with Gasteiger partial charge in [0.25, 0.3) is 5.91 Å². The normalized spacial score (nSPS) is 23.4. The van der Waals surface area contributed by atoms with E-state index in [2.05, 4.69) is 10.3 Å². The standard InChI is InChI=1S/C18H18F2N2O3S2/c1-27(24,25)13-4-2-12(3-5-13)14(8-11-9-15(19)16(20)10-11)17(23)22-18-21-6-7-26-18/h2-8,11,15-16H,9-10H2,1H3,(H,21,22,23)/b14-8+. The number of alkyl halides is 2. The Kier molecular flexibility index (Phi) is 5.71. The van der Waals surface area contributed by atoms with Gasteiger partial charge in [0.05, 0.1) is 4.90 Å². The number of nitrogens with zero attached hydrogens (tertiary/aromatic N) is 1. The first-order valence-electron chi connectivity index (χ1n) is 8.25. The van der Waals surface area contributed by atoms with Gasteiger partial charge >= 0.3 is 0 Å². The van der Waals surface area contributed by atoms with Crippen LogP contribution in [0.1, 0.15) is 18.4 Å². The van der Waals surface area contributed by atoms with Crippen LogP contribution in [0.2, 0.25) is 0 Å². The smallest absolute Gasteiger partial charge is 0.257 e. The van der Waals surface area contributed by atoms with E-state index in [0.29, 0.717) is 10.7 Å². The SMILES string of the molecule is CS(=O)(=O)c1ccc(/C(=C\C2CC(F)C(F)C2)C(=O)Nc2nccs2)cc1. The molecule has 5 nitrogen and oxygen atoms in total. The van der Waals surface area contributed by atoms with Crippen molar-refractivity contribution in [2.75, 3.05) is 11.6 Å². The van der Waals surface area contributed by atoms with Crippen LogP contribution in [0.25, 0.3) is 5.57 Å². The molecular weight excluding hydrogens is 394 g/mol. The van der Waals surface area contributed by atoms with Gasteiger partial charge in [-0.1, -0.05) is 18.2 Å². The second kappa shape index (κ2) is 7.85. The van der Waals surface area contributed by atoms with E-state index in [9.17, 15) is 22.0 Å². The third-order valence-electron chi connectivity index (χ3n) is 4.34. The van der Waals surface area contributed by atoms with Crippen molar-refractivity contribution in [3.05, 3.63) is 47.5 Å². The number of aromatic nitrogens is 1. The molecule has 0 aliphatic heterocycles. The minimum absolute atomic E-state index is 0.0105. The summed E-state index contributed by atoms with van der Waals surface area (Å²) in [6.07, 6.45) is 1.14. The van der Waals surface area contributed by atoms with Crippen LogP contribution in [0.4, 0.5) is 13.9 Å². The van der Waals surface area contributed by atoms with Crippen LogP contribution in [0.5, 0.6) is 0 Å². The molecule has 1 amide bonds. The number of anilines is 1. The molecule has 1 saturated carbocycles. The summed E-state index contributed by atoms with van der Waals surface area (Å²) < 4.78 is 50.3. The highest BCUT2D eigenvalue weighted by Gasteiger charge is 2.34. The second-order valence-electron chi connectivity index (χ2n) is 6.43. The van der Waals surface area contributed by atoms with Crippen molar-refractivity contribution in [2.45, 2.75) is 30.1 Å². The number of carbonyl (C=O) groups excluding carboxylic acids is 1. The fourth-order valence-electron chi connectivity index (χ4n) is 2.98. The van der Waals surface area contributed by atoms with Crippen LogP contribution in [0, 0.1) is 5.92 Å². The highest BCUT2D eigenvalue weighted by atomic mass is 32.2. The van der Waals surface area contributed by atoms with Gasteiger partial charge in [0.1, 0.15) is 12.3 Å². The van der Waals surface area contributed by atoms with Crippen molar-refractivity contribution in [3.63, 3.8) is 0 Å². The number of nitrogens with one attached hydrogen (secondary N) is 1. The maximum absolute atomic E-state index is 13.5. The Hall–Kier alpha value is -2.13. The van der Waals surface area contributed by atoms with Crippen LogP contribution < -0.4 is 5.32 Å². The molecule has 1 aromatic carbocycles. The van der Waals surface area contributed by atoms with Crippen LogP contribution >= 0.6 is 11.3 Å². The molecule has 1 aliphatic carbocycles. The highest BCUT2D eigenvalue weighted by molar-refractivity contribution is 7.90. The van der Waals surface area contributed by atoms with E-state index in [4.69, 9.17) is 0 Å². The average Bonchev–Trinajstić information content (AvgIpc) is 3.22. The van der Waals surface area contributed by atoms with Gasteiger partial charge in [0.15, 0.2) is 15.0 Å². The molecule has 1 N–H and O–H groups in total. The van der Waals surface area contributed by atoms with Gasteiger partial charge < -0.3 is 0 Å². The quantitative estimate of drug-likeness (QED) is 0.761. The van der Waals surface area contributed by atoms with E-state index in [1.807, 2.05) is 0 Å². The van der Waals surface area contributed by atoms with Crippen molar-refractivity contribution in [1.29, 1.82) is 0 Å². The second-order valence-corrected chi connectivity index (χ2v) is 9.34. The minimum Gasteiger partial charge on any atom is -0.298 e. The number of halogens is 2. The molecule has 27 heavy (non-hydrogen) atoms. The number of hydrogen-bond acceptors (Lipinski definition) is 5. The molecule has 3 rings (SSSR count). The summed E-state index contributed by atoms with van der Waals surface area (Å²) in [5.74, 6) is -0.878. The van der Waals surface area contributed by atoms with Crippen LogP contribution in [-0.2, 0) is 14.6 Å². The van der Waals surface area contributed by atoms with E-state index in [1.165, 1.54) is 35.6 Å². The lowest BCUT2D eigenvalue weighted by atomic mass is 9.98. The molecule has 1 fully saturated rings.